The van der Waals surface area contributed by atoms with E-state index in [1.165, 1.54) is 12.0 Å². The largest absolute Gasteiger partial charge is 0.489 e. The van der Waals surface area contributed by atoms with Crippen molar-refractivity contribution in [1.82, 2.24) is 14.9 Å². The van der Waals surface area contributed by atoms with Crippen LogP contribution in [0.2, 0.25) is 0 Å². The minimum Gasteiger partial charge on any atom is -0.489 e. The van der Waals surface area contributed by atoms with Gasteiger partial charge >= 0.3 is 0 Å². The molecule has 1 aromatic carbocycles. The third-order valence-electron chi connectivity index (χ3n) is 5.44. The van der Waals surface area contributed by atoms with Crippen molar-refractivity contribution < 1.29 is 13.9 Å². The van der Waals surface area contributed by atoms with Crippen LogP contribution in [-0.4, -0.2) is 33.9 Å². The first-order valence-corrected chi connectivity index (χ1v) is 9.99. The number of benzene rings is 1. The number of carbonyl (C=O) groups is 1. The Kier molecular flexibility index (Phi) is 5.89. The van der Waals surface area contributed by atoms with Gasteiger partial charge in [0.05, 0.1) is 5.69 Å². The number of aryl methyl sites for hydroxylation is 1. The predicted molar refractivity (Wildman–Crippen MR) is 109 cm³/mol. The summed E-state index contributed by atoms with van der Waals surface area (Å²) in [6.45, 7) is 3.88. The van der Waals surface area contributed by atoms with E-state index in [-0.39, 0.29) is 5.91 Å². The fourth-order valence-electron chi connectivity index (χ4n) is 3.70. The first kappa shape index (κ1) is 19.2. The first-order valence-electron chi connectivity index (χ1n) is 9.99. The van der Waals surface area contributed by atoms with Crippen LogP contribution in [0.5, 0.6) is 5.75 Å². The van der Waals surface area contributed by atoms with Crippen molar-refractivity contribution in [3.8, 4) is 5.75 Å². The molecular formula is C23H25N3O3. The van der Waals surface area contributed by atoms with Gasteiger partial charge in [-0.2, -0.15) is 0 Å². The predicted octanol–water partition coefficient (Wildman–Crippen LogP) is 4.05. The Morgan fingerprint density at radius 2 is 1.79 bits per heavy atom. The summed E-state index contributed by atoms with van der Waals surface area (Å²) >= 11 is 0. The van der Waals surface area contributed by atoms with Gasteiger partial charge in [-0.05, 0) is 55.4 Å². The molecule has 6 nitrogen and oxygen atoms in total. The van der Waals surface area contributed by atoms with Gasteiger partial charge in [-0.25, -0.2) is 4.98 Å². The van der Waals surface area contributed by atoms with E-state index < -0.39 is 0 Å². The van der Waals surface area contributed by atoms with Crippen molar-refractivity contribution >= 4 is 5.91 Å². The zero-order valence-electron chi connectivity index (χ0n) is 16.6. The lowest BCUT2D eigenvalue weighted by Crippen LogP contribution is -2.39. The van der Waals surface area contributed by atoms with Crippen LogP contribution in [0, 0.1) is 12.8 Å². The summed E-state index contributed by atoms with van der Waals surface area (Å²) in [6.07, 6.45) is 7.83. The molecule has 0 aliphatic carbocycles. The number of rotatable bonds is 6. The molecule has 0 radical (unpaired) electrons. The summed E-state index contributed by atoms with van der Waals surface area (Å²) in [6, 6.07) is 12.3. The number of hydrogen-bond acceptors (Lipinski definition) is 5. The van der Waals surface area contributed by atoms with E-state index in [0.29, 0.717) is 24.0 Å². The van der Waals surface area contributed by atoms with Crippen LogP contribution in [0.25, 0.3) is 0 Å². The molecule has 2 aromatic heterocycles. The lowest BCUT2D eigenvalue weighted by atomic mass is 9.90. The smallest absolute Gasteiger partial charge is 0.291 e. The molecule has 4 rings (SSSR count). The number of ether oxygens (including phenoxy) is 1. The van der Waals surface area contributed by atoms with Gasteiger partial charge < -0.3 is 14.1 Å². The van der Waals surface area contributed by atoms with Crippen LogP contribution in [0.15, 0.2) is 59.6 Å². The highest BCUT2D eigenvalue weighted by Gasteiger charge is 2.26. The van der Waals surface area contributed by atoms with Gasteiger partial charge in [0.2, 0.25) is 5.76 Å². The maximum atomic E-state index is 12.5. The Balaban J connectivity index is 1.25. The van der Waals surface area contributed by atoms with E-state index in [0.717, 1.165) is 43.7 Å². The van der Waals surface area contributed by atoms with Gasteiger partial charge in [0.1, 0.15) is 12.4 Å². The number of amides is 1. The number of likely N-dealkylation sites (tertiary alicyclic amines) is 1. The maximum Gasteiger partial charge on any atom is 0.291 e. The quantitative estimate of drug-likeness (QED) is 0.634. The molecule has 3 heterocycles. The summed E-state index contributed by atoms with van der Waals surface area (Å²) in [4.78, 5) is 22.4. The molecule has 0 spiro atoms. The van der Waals surface area contributed by atoms with Crippen molar-refractivity contribution in [1.29, 1.82) is 0 Å². The molecule has 3 aromatic rings. The number of piperidine rings is 1. The van der Waals surface area contributed by atoms with E-state index in [9.17, 15) is 4.79 Å². The number of carbonyl (C=O) groups excluding carboxylic acids is 1. The van der Waals surface area contributed by atoms with E-state index in [2.05, 4.69) is 34.2 Å². The summed E-state index contributed by atoms with van der Waals surface area (Å²) in [5.74, 6) is 1.74. The van der Waals surface area contributed by atoms with Crippen LogP contribution in [0.1, 0.15) is 40.2 Å². The number of oxazole rings is 1. The molecular weight excluding hydrogens is 366 g/mol. The SMILES string of the molecule is Cc1ncoc1C(=O)N1CCC(Cc2ccc(COc3ccncc3)cc2)CC1. The minimum absolute atomic E-state index is 0.0444. The first-order chi connectivity index (χ1) is 14.2. The van der Waals surface area contributed by atoms with Crippen molar-refractivity contribution in [3.63, 3.8) is 0 Å². The van der Waals surface area contributed by atoms with Gasteiger partial charge in [0.15, 0.2) is 6.39 Å². The Hall–Kier alpha value is -3.15. The molecule has 1 aliphatic rings. The van der Waals surface area contributed by atoms with Crippen molar-refractivity contribution in [2.24, 2.45) is 5.92 Å². The minimum atomic E-state index is -0.0444. The second kappa shape index (κ2) is 8.90. The molecule has 29 heavy (non-hydrogen) atoms. The van der Waals surface area contributed by atoms with Crippen molar-refractivity contribution in [2.75, 3.05) is 13.1 Å². The number of pyridine rings is 1. The Morgan fingerprint density at radius 3 is 2.45 bits per heavy atom. The average Bonchev–Trinajstić information content (AvgIpc) is 3.20. The molecule has 6 heteroatoms. The maximum absolute atomic E-state index is 12.5. The third-order valence-corrected chi connectivity index (χ3v) is 5.44. The lowest BCUT2D eigenvalue weighted by Gasteiger charge is -2.31. The van der Waals surface area contributed by atoms with Gasteiger partial charge in [-0.1, -0.05) is 24.3 Å². The van der Waals surface area contributed by atoms with E-state index >= 15 is 0 Å². The van der Waals surface area contributed by atoms with Gasteiger partial charge in [0, 0.05) is 25.5 Å². The van der Waals surface area contributed by atoms with E-state index in [4.69, 9.17) is 9.15 Å². The van der Waals surface area contributed by atoms with Crippen LogP contribution in [-0.2, 0) is 13.0 Å². The monoisotopic (exact) mass is 391 g/mol. The summed E-state index contributed by atoms with van der Waals surface area (Å²) in [5, 5.41) is 0. The van der Waals surface area contributed by atoms with E-state index in [1.807, 2.05) is 17.0 Å². The van der Waals surface area contributed by atoms with Crippen LogP contribution < -0.4 is 4.74 Å². The third kappa shape index (κ3) is 4.83. The number of hydrogen-bond donors (Lipinski definition) is 0. The second-order valence-corrected chi connectivity index (χ2v) is 7.49. The Bertz CT molecular complexity index is 930. The lowest BCUT2D eigenvalue weighted by molar-refractivity contribution is 0.0657. The van der Waals surface area contributed by atoms with Gasteiger partial charge in [-0.15, -0.1) is 0 Å². The second-order valence-electron chi connectivity index (χ2n) is 7.49. The van der Waals surface area contributed by atoms with E-state index in [1.54, 1.807) is 19.3 Å². The molecule has 150 valence electrons. The van der Waals surface area contributed by atoms with Crippen molar-refractivity contribution in [2.45, 2.75) is 32.8 Å². The summed E-state index contributed by atoms with van der Waals surface area (Å²) < 4.78 is 11.0. The van der Waals surface area contributed by atoms with Crippen LogP contribution >= 0.6 is 0 Å². The molecule has 0 bridgehead atoms. The molecule has 0 N–H and O–H groups in total. The zero-order chi connectivity index (χ0) is 20.1. The highest BCUT2D eigenvalue weighted by molar-refractivity contribution is 5.92. The number of aromatic nitrogens is 2. The molecule has 1 fully saturated rings. The Morgan fingerprint density at radius 1 is 1.10 bits per heavy atom. The average molecular weight is 391 g/mol. The summed E-state index contributed by atoms with van der Waals surface area (Å²) in [7, 11) is 0. The van der Waals surface area contributed by atoms with Crippen molar-refractivity contribution in [3.05, 3.63) is 77.8 Å². The molecule has 0 atom stereocenters. The van der Waals surface area contributed by atoms with Gasteiger partial charge in [-0.3, -0.25) is 9.78 Å². The molecule has 1 amide bonds. The fourth-order valence-corrected chi connectivity index (χ4v) is 3.70. The highest BCUT2D eigenvalue weighted by atomic mass is 16.5. The standard InChI is InChI=1S/C23H25N3O3/c1-17-22(29-16-25-17)23(27)26-12-8-19(9-13-26)14-18-2-4-20(5-3-18)15-28-21-6-10-24-11-7-21/h2-7,10-11,16,19H,8-9,12-15H2,1H3. The summed E-state index contributed by atoms with van der Waals surface area (Å²) in [5.41, 5.74) is 3.13. The molecule has 0 saturated carbocycles. The fraction of sp³-hybridized carbons (Fsp3) is 0.348. The normalized spacial score (nSPS) is 14.7. The number of nitrogens with zero attached hydrogens (tertiary/aromatic N) is 3. The molecule has 0 unspecified atom stereocenters. The zero-order valence-corrected chi connectivity index (χ0v) is 16.6. The Labute approximate surface area is 170 Å². The van der Waals surface area contributed by atoms with Gasteiger partial charge in [0.25, 0.3) is 5.91 Å². The van der Waals surface area contributed by atoms with Crippen LogP contribution in [0.4, 0.5) is 0 Å². The highest BCUT2D eigenvalue weighted by Crippen LogP contribution is 2.24. The topological polar surface area (TPSA) is 68.5 Å². The molecule has 1 saturated heterocycles. The molecule has 1 aliphatic heterocycles. The van der Waals surface area contributed by atoms with Crippen LogP contribution in [0.3, 0.4) is 0 Å².